The lowest BCUT2D eigenvalue weighted by Gasteiger charge is -2.09. The summed E-state index contributed by atoms with van der Waals surface area (Å²) in [5, 5.41) is 0. The van der Waals surface area contributed by atoms with E-state index < -0.39 is 6.29 Å². The first kappa shape index (κ1) is 9.12. The molecule has 1 heterocycles. The Balaban J connectivity index is 2.25. The molecule has 0 aliphatic carbocycles. The predicted molar refractivity (Wildman–Crippen MR) is 48.7 cm³/mol. The average Bonchev–Trinajstić information content (AvgIpc) is 2.62. The van der Waals surface area contributed by atoms with Crippen molar-refractivity contribution in [2.75, 3.05) is 13.2 Å². The minimum atomic E-state index is -0.400. The molecule has 2 rings (SSSR count). The normalized spacial score (nSPS) is 18.0. The number of rotatable bonds is 1. The van der Waals surface area contributed by atoms with Crippen LogP contribution >= 0.6 is 15.9 Å². The van der Waals surface area contributed by atoms with Gasteiger partial charge in [-0.15, -0.1) is 0 Å². The van der Waals surface area contributed by atoms with Crippen molar-refractivity contribution in [3.63, 3.8) is 0 Å². The quantitative estimate of drug-likeness (QED) is 0.759. The van der Waals surface area contributed by atoms with Gasteiger partial charge in [0.2, 0.25) is 0 Å². The van der Waals surface area contributed by atoms with Crippen LogP contribution in [0.5, 0.6) is 0 Å². The molecule has 1 aliphatic rings. The fraction of sp³-hybridized carbons (Fsp3) is 0.333. The van der Waals surface area contributed by atoms with E-state index in [1.807, 2.05) is 0 Å². The van der Waals surface area contributed by atoms with Crippen molar-refractivity contribution < 1.29 is 13.9 Å². The first-order valence-electron chi connectivity index (χ1n) is 3.95. The van der Waals surface area contributed by atoms with E-state index in [0.717, 1.165) is 5.56 Å². The zero-order valence-corrected chi connectivity index (χ0v) is 8.38. The van der Waals surface area contributed by atoms with Crippen molar-refractivity contribution in [1.82, 2.24) is 0 Å². The number of ether oxygens (including phenoxy) is 2. The van der Waals surface area contributed by atoms with Crippen LogP contribution in [0.25, 0.3) is 0 Å². The summed E-state index contributed by atoms with van der Waals surface area (Å²) >= 11 is 3.08. The Kier molecular flexibility index (Phi) is 2.62. The minimum absolute atomic E-state index is 0.295. The number of benzene rings is 1. The Bertz CT molecular complexity index is 310. The third kappa shape index (κ3) is 1.90. The number of hydrogen-bond acceptors (Lipinski definition) is 2. The highest BCUT2D eigenvalue weighted by atomic mass is 79.9. The highest BCUT2D eigenvalue weighted by Crippen LogP contribution is 2.26. The molecule has 0 radical (unpaired) electrons. The van der Waals surface area contributed by atoms with Crippen LogP contribution in [0, 0.1) is 5.82 Å². The van der Waals surface area contributed by atoms with Gasteiger partial charge in [0.05, 0.1) is 17.7 Å². The van der Waals surface area contributed by atoms with Crippen LogP contribution in [0.4, 0.5) is 4.39 Å². The molecular formula is C9H8BrFO2. The zero-order chi connectivity index (χ0) is 9.26. The second-order valence-corrected chi connectivity index (χ2v) is 3.60. The Hall–Kier alpha value is -0.450. The Morgan fingerprint density at radius 1 is 1.31 bits per heavy atom. The van der Waals surface area contributed by atoms with Gasteiger partial charge in [-0.25, -0.2) is 4.39 Å². The Labute approximate surface area is 83.8 Å². The van der Waals surface area contributed by atoms with E-state index in [1.54, 1.807) is 12.1 Å². The summed E-state index contributed by atoms with van der Waals surface area (Å²) in [6.07, 6.45) is -0.400. The highest BCUT2D eigenvalue weighted by molar-refractivity contribution is 9.10. The summed E-state index contributed by atoms with van der Waals surface area (Å²) in [5.41, 5.74) is 0.721. The van der Waals surface area contributed by atoms with Crippen molar-refractivity contribution in [1.29, 1.82) is 0 Å². The van der Waals surface area contributed by atoms with Gasteiger partial charge in [0.1, 0.15) is 5.82 Å². The molecule has 70 valence electrons. The monoisotopic (exact) mass is 246 g/mol. The summed E-state index contributed by atoms with van der Waals surface area (Å²) in [6, 6.07) is 4.85. The van der Waals surface area contributed by atoms with Gasteiger partial charge in [-0.1, -0.05) is 6.07 Å². The minimum Gasteiger partial charge on any atom is -0.346 e. The van der Waals surface area contributed by atoms with Crippen LogP contribution in [0.3, 0.4) is 0 Å². The van der Waals surface area contributed by atoms with Crippen LogP contribution < -0.4 is 0 Å². The van der Waals surface area contributed by atoms with Crippen molar-refractivity contribution in [2.24, 2.45) is 0 Å². The maximum absolute atomic E-state index is 13.1. The topological polar surface area (TPSA) is 18.5 Å². The molecule has 2 nitrogen and oxygen atoms in total. The SMILES string of the molecule is Fc1cc(C2OCCO2)ccc1Br. The van der Waals surface area contributed by atoms with Gasteiger partial charge in [0.15, 0.2) is 6.29 Å². The molecule has 0 saturated carbocycles. The molecule has 13 heavy (non-hydrogen) atoms. The van der Waals surface area contributed by atoms with Crippen LogP contribution in [-0.2, 0) is 9.47 Å². The molecule has 1 aromatic rings. The van der Waals surface area contributed by atoms with E-state index in [-0.39, 0.29) is 5.82 Å². The average molecular weight is 247 g/mol. The van der Waals surface area contributed by atoms with Gasteiger partial charge in [0, 0.05) is 5.56 Å². The molecule has 1 aromatic carbocycles. The third-order valence-electron chi connectivity index (χ3n) is 1.84. The lowest BCUT2D eigenvalue weighted by Crippen LogP contribution is -1.98. The van der Waals surface area contributed by atoms with E-state index >= 15 is 0 Å². The molecule has 0 bridgehead atoms. The fourth-order valence-corrected chi connectivity index (χ4v) is 1.46. The molecular weight excluding hydrogens is 239 g/mol. The summed E-state index contributed by atoms with van der Waals surface area (Å²) in [4.78, 5) is 0. The van der Waals surface area contributed by atoms with Crippen LogP contribution in [-0.4, -0.2) is 13.2 Å². The van der Waals surface area contributed by atoms with E-state index in [2.05, 4.69) is 15.9 Å². The van der Waals surface area contributed by atoms with E-state index in [4.69, 9.17) is 9.47 Å². The van der Waals surface area contributed by atoms with Gasteiger partial charge in [-0.3, -0.25) is 0 Å². The lowest BCUT2D eigenvalue weighted by molar-refractivity contribution is -0.0443. The molecule has 0 N–H and O–H groups in total. The molecule has 0 atom stereocenters. The summed E-state index contributed by atoms with van der Waals surface area (Å²) in [5.74, 6) is -0.295. The fourth-order valence-electron chi connectivity index (χ4n) is 1.21. The van der Waals surface area contributed by atoms with E-state index in [0.29, 0.717) is 17.7 Å². The van der Waals surface area contributed by atoms with E-state index in [9.17, 15) is 4.39 Å². The molecule has 1 saturated heterocycles. The van der Waals surface area contributed by atoms with Gasteiger partial charge < -0.3 is 9.47 Å². The van der Waals surface area contributed by atoms with Crippen molar-refractivity contribution in [3.05, 3.63) is 34.1 Å². The maximum Gasteiger partial charge on any atom is 0.184 e. The van der Waals surface area contributed by atoms with Gasteiger partial charge in [0.25, 0.3) is 0 Å². The zero-order valence-electron chi connectivity index (χ0n) is 6.80. The predicted octanol–water partition coefficient (Wildman–Crippen LogP) is 2.63. The molecule has 0 spiro atoms. The molecule has 0 unspecified atom stereocenters. The molecule has 0 aromatic heterocycles. The first-order chi connectivity index (χ1) is 6.27. The van der Waals surface area contributed by atoms with Crippen LogP contribution in [0.15, 0.2) is 22.7 Å². The summed E-state index contributed by atoms with van der Waals surface area (Å²) < 4.78 is 24.0. The molecule has 0 amide bonds. The molecule has 1 aliphatic heterocycles. The molecule has 1 fully saturated rings. The van der Waals surface area contributed by atoms with Gasteiger partial charge in [-0.05, 0) is 28.1 Å². The second-order valence-electron chi connectivity index (χ2n) is 2.75. The van der Waals surface area contributed by atoms with Gasteiger partial charge in [-0.2, -0.15) is 0 Å². The van der Waals surface area contributed by atoms with Crippen molar-refractivity contribution in [2.45, 2.75) is 6.29 Å². The summed E-state index contributed by atoms with van der Waals surface area (Å²) in [6.45, 7) is 1.14. The van der Waals surface area contributed by atoms with Crippen LogP contribution in [0.1, 0.15) is 11.9 Å². The van der Waals surface area contributed by atoms with Crippen LogP contribution in [0.2, 0.25) is 0 Å². The van der Waals surface area contributed by atoms with Crippen molar-refractivity contribution in [3.8, 4) is 0 Å². The van der Waals surface area contributed by atoms with E-state index in [1.165, 1.54) is 6.07 Å². The third-order valence-corrected chi connectivity index (χ3v) is 2.48. The smallest absolute Gasteiger partial charge is 0.184 e. The number of halogens is 2. The number of hydrogen-bond donors (Lipinski definition) is 0. The first-order valence-corrected chi connectivity index (χ1v) is 4.75. The Morgan fingerprint density at radius 2 is 2.00 bits per heavy atom. The van der Waals surface area contributed by atoms with Crippen molar-refractivity contribution >= 4 is 15.9 Å². The van der Waals surface area contributed by atoms with Gasteiger partial charge >= 0.3 is 0 Å². The molecule has 4 heteroatoms. The Morgan fingerprint density at radius 3 is 2.62 bits per heavy atom. The lowest BCUT2D eigenvalue weighted by atomic mass is 10.2. The standard InChI is InChI=1S/C9H8BrFO2/c10-7-2-1-6(5-8(7)11)9-12-3-4-13-9/h1-2,5,9H,3-4H2. The largest absolute Gasteiger partial charge is 0.346 e. The summed E-state index contributed by atoms with van der Waals surface area (Å²) in [7, 11) is 0. The highest BCUT2D eigenvalue weighted by Gasteiger charge is 2.18. The maximum atomic E-state index is 13.1. The second kappa shape index (κ2) is 3.74.